The number of nitrogens with two attached hydrogens (primary N) is 1. The number of aromatic nitrogens is 1. The minimum Gasteiger partial charge on any atom is -0.383 e. The van der Waals surface area contributed by atoms with E-state index in [0.717, 1.165) is 24.4 Å². The van der Waals surface area contributed by atoms with Crippen molar-refractivity contribution in [3.63, 3.8) is 0 Å². The number of amides is 1. The molecule has 1 saturated heterocycles. The molecule has 0 atom stereocenters. The number of nitrogens with zero attached hydrogens (tertiary/aromatic N) is 5. The van der Waals surface area contributed by atoms with E-state index in [-0.39, 0.29) is 34.3 Å². The number of allylic oxidation sites excluding steroid dienone is 1. The van der Waals surface area contributed by atoms with E-state index >= 15 is 0 Å². The Labute approximate surface area is 214 Å². The van der Waals surface area contributed by atoms with Gasteiger partial charge in [-0.1, -0.05) is 6.58 Å². The summed E-state index contributed by atoms with van der Waals surface area (Å²) in [5, 5.41) is 4.96. The smallest absolute Gasteiger partial charge is 0.383 e. The van der Waals surface area contributed by atoms with Crippen LogP contribution in [0.2, 0.25) is 0 Å². The summed E-state index contributed by atoms with van der Waals surface area (Å²) in [5.41, 5.74) is 5.45. The Bertz CT molecular complexity index is 1360. The third-order valence-electron chi connectivity index (χ3n) is 5.36. The minimum absolute atomic E-state index is 0.0615. The number of benzene rings is 1. The van der Waals surface area contributed by atoms with Crippen LogP contribution in [0.5, 0.6) is 0 Å². The molecular formula is C24H22F4N8O2. The van der Waals surface area contributed by atoms with Crippen LogP contribution in [-0.2, 0) is 10.9 Å². The number of anilines is 2. The summed E-state index contributed by atoms with van der Waals surface area (Å²) in [7, 11) is 0. The molecule has 198 valence electrons. The van der Waals surface area contributed by atoms with E-state index in [2.05, 4.69) is 37.2 Å². The van der Waals surface area contributed by atoms with Crippen molar-refractivity contribution in [2.24, 2.45) is 20.7 Å². The Morgan fingerprint density at radius 3 is 2.66 bits per heavy atom. The summed E-state index contributed by atoms with van der Waals surface area (Å²) in [6.45, 7) is 5.70. The molecule has 4 rings (SSSR count). The molecule has 0 radical (unpaired) electrons. The van der Waals surface area contributed by atoms with E-state index < -0.39 is 23.5 Å². The first-order chi connectivity index (χ1) is 18.2. The lowest BCUT2D eigenvalue weighted by Gasteiger charge is -2.29. The summed E-state index contributed by atoms with van der Waals surface area (Å²) in [6.07, 6.45) is -0.963. The highest BCUT2D eigenvalue weighted by Gasteiger charge is 2.31. The molecule has 14 heteroatoms. The second-order valence-electron chi connectivity index (χ2n) is 7.93. The van der Waals surface area contributed by atoms with Gasteiger partial charge >= 0.3 is 6.18 Å². The fourth-order valence-electron chi connectivity index (χ4n) is 3.50. The molecule has 2 aliphatic rings. The molecule has 1 aromatic carbocycles. The number of morpholine rings is 1. The van der Waals surface area contributed by atoms with Gasteiger partial charge in [0.05, 0.1) is 30.7 Å². The maximum Gasteiger partial charge on any atom is 0.416 e. The number of hydrogen-bond donors (Lipinski definition) is 3. The predicted molar refractivity (Wildman–Crippen MR) is 134 cm³/mol. The largest absolute Gasteiger partial charge is 0.416 e. The van der Waals surface area contributed by atoms with E-state index in [4.69, 9.17) is 10.5 Å². The van der Waals surface area contributed by atoms with Crippen LogP contribution in [0, 0.1) is 5.82 Å². The lowest BCUT2D eigenvalue weighted by molar-refractivity contribution is -0.137. The number of alkyl halides is 3. The highest BCUT2D eigenvalue weighted by Crippen LogP contribution is 2.30. The van der Waals surface area contributed by atoms with Crippen molar-refractivity contribution in [2.75, 3.05) is 36.9 Å². The lowest BCUT2D eigenvalue weighted by Crippen LogP contribution is -2.41. The number of aliphatic imine (C=N–C) groups is 3. The molecule has 1 fully saturated rings. The third kappa shape index (κ3) is 6.21. The molecule has 0 bridgehead atoms. The number of guanidine groups is 1. The Hall–Kier alpha value is -4.59. The van der Waals surface area contributed by atoms with Gasteiger partial charge in [0, 0.05) is 31.0 Å². The first-order valence-corrected chi connectivity index (χ1v) is 11.2. The second kappa shape index (κ2) is 11.2. The standard InChI is InChI=1S/C24H22F4N8O2/c1-2-30-18-13-32-23(36-7-9-38-10-8-36)35-20(18)21(29)33-17-11-14(3-4-16(17)25)22(37)34-19-12-15(5-6-31-19)24(26,27)28/h2-6,11-13,33H,1,7-10,29H2,(H,31,34,37)/b21-20-,30-18-. The second-order valence-corrected chi connectivity index (χ2v) is 7.93. The van der Waals surface area contributed by atoms with E-state index in [1.807, 2.05) is 4.90 Å². The van der Waals surface area contributed by atoms with E-state index in [0.29, 0.717) is 38.3 Å². The number of hydrogen-bond acceptors (Lipinski definition) is 9. The number of ether oxygens (including phenoxy) is 1. The van der Waals surface area contributed by atoms with Gasteiger partial charge in [-0.25, -0.2) is 19.4 Å². The van der Waals surface area contributed by atoms with Crippen LogP contribution < -0.4 is 16.4 Å². The van der Waals surface area contributed by atoms with Gasteiger partial charge < -0.3 is 26.0 Å². The zero-order valence-electron chi connectivity index (χ0n) is 19.8. The monoisotopic (exact) mass is 530 g/mol. The Kier molecular flexibility index (Phi) is 7.81. The predicted octanol–water partition coefficient (Wildman–Crippen LogP) is 3.39. The molecule has 1 amide bonds. The SMILES string of the molecule is C=C/N=C1/C=NC(N2CCOCC2)=N/C1=C(/N)Nc1cc(C(=O)Nc2cc(C(F)(F)F)ccn2)ccc1F. The van der Waals surface area contributed by atoms with Crippen molar-refractivity contribution in [3.05, 3.63) is 77.8 Å². The van der Waals surface area contributed by atoms with Gasteiger partial charge in [-0.3, -0.25) is 9.79 Å². The van der Waals surface area contributed by atoms with Gasteiger partial charge in [0.2, 0.25) is 5.96 Å². The molecule has 0 spiro atoms. The quantitative estimate of drug-likeness (QED) is 0.509. The summed E-state index contributed by atoms with van der Waals surface area (Å²) in [4.78, 5) is 31.2. The van der Waals surface area contributed by atoms with Gasteiger partial charge in [0.25, 0.3) is 5.91 Å². The van der Waals surface area contributed by atoms with Crippen molar-refractivity contribution in [2.45, 2.75) is 6.18 Å². The molecular weight excluding hydrogens is 508 g/mol. The van der Waals surface area contributed by atoms with Gasteiger partial charge in [0.15, 0.2) is 0 Å². The average Bonchev–Trinajstić information content (AvgIpc) is 2.90. The molecule has 2 aromatic rings. The highest BCUT2D eigenvalue weighted by molar-refractivity contribution is 6.41. The third-order valence-corrected chi connectivity index (χ3v) is 5.36. The van der Waals surface area contributed by atoms with E-state index in [9.17, 15) is 22.4 Å². The van der Waals surface area contributed by atoms with Crippen LogP contribution in [0.15, 0.2) is 75.8 Å². The number of pyridine rings is 1. The Morgan fingerprint density at radius 2 is 1.95 bits per heavy atom. The fourth-order valence-corrected chi connectivity index (χ4v) is 3.50. The number of rotatable bonds is 5. The van der Waals surface area contributed by atoms with E-state index in [1.54, 1.807) is 0 Å². The van der Waals surface area contributed by atoms with Crippen LogP contribution in [0.25, 0.3) is 0 Å². The molecule has 0 aliphatic carbocycles. The summed E-state index contributed by atoms with van der Waals surface area (Å²) >= 11 is 0. The average molecular weight is 530 g/mol. The zero-order valence-corrected chi connectivity index (χ0v) is 19.8. The van der Waals surface area contributed by atoms with Gasteiger partial charge in [-0.2, -0.15) is 13.2 Å². The number of halogens is 4. The van der Waals surface area contributed by atoms with Crippen molar-refractivity contribution in [1.82, 2.24) is 9.88 Å². The minimum atomic E-state index is -4.61. The molecule has 2 aliphatic heterocycles. The Balaban J connectivity index is 1.59. The van der Waals surface area contributed by atoms with Crippen LogP contribution in [0.3, 0.4) is 0 Å². The van der Waals surface area contributed by atoms with E-state index in [1.165, 1.54) is 18.5 Å². The van der Waals surface area contributed by atoms with Crippen molar-refractivity contribution in [3.8, 4) is 0 Å². The Morgan fingerprint density at radius 1 is 1.18 bits per heavy atom. The van der Waals surface area contributed by atoms with Crippen LogP contribution in [0.1, 0.15) is 15.9 Å². The van der Waals surface area contributed by atoms with Crippen molar-refractivity contribution >= 4 is 35.3 Å². The highest BCUT2D eigenvalue weighted by atomic mass is 19.4. The molecule has 1 aromatic heterocycles. The van der Waals surface area contributed by atoms with Gasteiger partial charge in [0.1, 0.15) is 28.9 Å². The molecule has 3 heterocycles. The summed E-state index contributed by atoms with van der Waals surface area (Å²) in [5.74, 6) is -1.58. The maximum absolute atomic E-state index is 14.6. The normalized spacial score (nSPS) is 18.2. The zero-order chi connectivity index (χ0) is 27.3. The molecule has 10 nitrogen and oxygen atoms in total. The summed E-state index contributed by atoms with van der Waals surface area (Å²) < 4.78 is 58.9. The summed E-state index contributed by atoms with van der Waals surface area (Å²) in [6, 6.07) is 4.80. The van der Waals surface area contributed by atoms with Crippen molar-refractivity contribution < 1.29 is 27.1 Å². The molecule has 0 unspecified atom stereocenters. The first-order valence-electron chi connectivity index (χ1n) is 11.2. The van der Waals surface area contributed by atoms with Crippen LogP contribution >= 0.6 is 0 Å². The van der Waals surface area contributed by atoms with Gasteiger partial charge in [-0.15, -0.1) is 0 Å². The van der Waals surface area contributed by atoms with Crippen LogP contribution in [0.4, 0.5) is 29.1 Å². The van der Waals surface area contributed by atoms with Crippen LogP contribution in [-0.4, -0.2) is 60.0 Å². The molecule has 4 N–H and O–H groups in total. The van der Waals surface area contributed by atoms with Crippen molar-refractivity contribution in [1.29, 1.82) is 0 Å². The molecule has 38 heavy (non-hydrogen) atoms. The number of carbonyl (C=O) groups excluding carboxylic acids is 1. The first kappa shape index (κ1) is 26.5. The molecule has 0 saturated carbocycles. The fraction of sp³-hybridized carbons (Fsp3) is 0.208. The van der Waals surface area contributed by atoms with Gasteiger partial charge in [-0.05, 0) is 30.3 Å². The maximum atomic E-state index is 14.6. The number of nitrogens with one attached hydrogen (secondary N) is 2. The lowest BCUT2D eigenvalue weighted by atomic mass is 10.1. The number of carbonyl (C=O) groups is 1. The topological polar surface area (TPSA) is 130 Å².